The summed E-state index contributed by atoms with van der Waals surface area (Å²) in [4.78, 5) is 24.5. The molecule has 0 aromatic heterocycles. The van der Waals surface area contributed by atoms with Crippen LogP contribution in [0.25, 0.3) is 0 Å². The van der Waals surface area contributed by atoms with Gasteiger partial charge in [0.2, 0.25) is 11.8 Å². The number of carbonyl (C=O) groups is 2. The Labute approximate surface area is 141 Å². The molecule has 1 heterocycles. The Balaban J connectivity index is 2.54. The van der Waals surface area contributed by atoms with E-state index in [1.165, 1.54) is 25.7 Å². The summed E-state index contributed by atoms with van der Waals surface area (Å²) in [6.07, 6.45) is 10.6. The van der Waals surface area contributed by atoms with E-state index in [0.717, 1.165) is 25.7 Å². The van der Waals surface area contributed by atoms with Crippen molar-refractivity contribution in [3.63, 3.8) is 0 Å². The predicted octanol–water partition coefficient (Wildman–Crippen LogP) is 2.49. The van der Waals surface area contributed by atoms with Crippen LogP contribution in [0, 0.1) is 5.92 Å². The molecule has 5 heteroatoms. The summed E-state index contributed by atoms with van der Waals surface area (Å²) >= 11 is 0. The van der Waals surface area contributed by atoms with Crippen molar-refractivity contribution in [1.82, 2.24) is 10.6 Å². The van der Waals surface area contributed by atoms with Gasteiger partial charge in [0.05, 0.1) is 6.04 Å². The van der Waals surface area contributed by atoms with Crippen molar-refractivity contribution < 1.29 is 9.59 Å². The van der Waals surface area contributed by atoms with Gasteiger partial charge in [0.15, 0.2) is 0 Å². The first-order chi connectivity index (χ1) is 11.0. The normalized spacial score (nSPS) is 23.1. The van der Waals surface area contributed by atoms with Gasteiger partial charge in [-0.1, -0.05) is 58.8 Å². The minimum atomic E-state index is -0.535. The van der Waals surface area contributed by atoms with E-state index >= 15 is 0 Å². The highest BCUT2D eigenvalue weighted by atomic mass is 16.2. The smallest absolute Gasteiger partial charge is 0.242 e. The summed E-state index contributed by atoms with van der Waals surface area (Å²) in [5, 5.41) is 5.83. The number of hydrogen-bond donors (Lipinski definition) is 3. The molecule has 1 unspecified atom stereocenters. The van der Waals surface area contributed by atoms with E-state index in [1.807, 2.05) is 13.8 Å². The first kappa shape index (κ1) is 19.9. The van der Waals surface area contributed by atoms with Gasteiger partial charge in [-0.15, -0.1) is 0 Å². The average molecular weight is 325 g/mol. The van der Waals surface area contributed by atoms with Crippen LogP contribution in [-0.4, -0.2) is 30.4 Å². The topological polar surface area (TPSA) is 84.2 Å². The van der Waals surface area contributed by atoms with Gasteiger partial charge in [-0.3, -0.25) is 9.59 Å². The van der Waals surface area contributed by atoms with Gasteiger partial charge >= 0.3 is 0 Å². The molecule has 5 nitrogen and oxygen atoms in total. The van der Waals surface area contributed by atoms with E-state index in [9.17, 15) is 9.59 Å². The molecule has 0 radical (unpaired) electrons. The number of nitrogens with one attached hydrogen (secondary N) is 2. The van der Waals surface area contributed by atoms with Crippen LogP contribution >= 0.6 is 0 Å². The van der Waals surface area contributed by atoms with Crippen molar-refractivity contribution >= 4 is 11.8 Å². The highest BCUT2D eigenvalue weighted by molar-refractivity contribution is 5.89. The van der Waals surface area contributed by atoms with E-state index in [2.05, 4.69) is 10.6 Å². The molecule has 0 aliphatic carbocycles. The Bertz CT molecular complexity index is 358. The van der Waals surface area contributed by atoms with Crippen molar-refractivity contribution in [2.45, 2.75) is 90.1 Å². The summed E-state index contributed by atoms with van der Waals surface area (Å²) in [7, 11) is 0. The lowest BCUT2D eigenvalue weighted by Crippen LogP contribution is -2.52. The van der Waals surface area contributed by atoms with E-state index < -0.39 is 12.1 Å². The zero-order valence-electron chi connectivity index (χ0n) is 14.9. The molecule has 0 aromatic rings. The molecule has 0 bridgehead atoms. The van der Waals surface area contributed by atoms with Crippen LogP contribution < -0.4 is 16.4 Å². The number of carbonyl (C=O) groups excluding carboxylic acids is 2. The van der Waals surface area contributed by atoms with Gasteiger partial charge in [-0.25, -0.2) is 0 Å². The lowest BCUT2D eigenvalue weighted by molar-refractivity contribution is -0.130. The summed E-state index contributed by atoms with van der Waals surface area (Å²) in [6.45, 7) is 4.78. The van der Waals surface area contributed by atoms with Crippen LogP contribution in [0.4, 0.5) is 0 Å². The highest BCUT2D eigenvalue weighted by Gasteiger charge is 2.23. The maximum Gasteiger partial charge on any atom is 0.242 e. The van der Waals surface area contributed by atoms with Gasteiger partial charge in [0.25, 0.3) is 0 Å². The second-order valence-electron chi connectivity index (χ2n) is 7.21. The van der Waals surface area contributed by atoms with E-state index in [-0.39, 0.29) is 11.8 Å². The zero-order chi connectivity index (χ0) is 17.1. The van der Waals surface area contributed by atoms with Crippen LogP contribution in [0.15, 0.2) is 0 Å². The van der Waals surface area contributed by atoms with E-state index in [0.29, 0.717) is 25.3 Å². The molecule has 1 fully saturated rings. The Kier molecular flexibility index (Phi) is 9.92. The van der Waals surface area contributed by atoms with Crippen molar-refractivity contribution in [3.8, 4) is 0 Å². The molecule has 0 saturated carbocycles. The van der Waals surface area contributed by atoms with Crippen LogP contribution in [0.1, 0.15) is 78.1 Å². The third-order valence-corrected chi connectivity index (χ3v) is 4.41. The fourth-order valence-corrected chi connectivity index (χ4v) is 3.03. The average Bonchev–Trinajstić information content (AvgIpc) is 2.51. The monoisotopic (exact) mass is 325 g/mol. The standard InChI is InChI=1S/C18H35N3O2/c1-14(2)13-15(19)17(22)21-16-11-9-7-5-3-4-6-8-10-12-20-18(16)23/h14-16H,3-13,19H2,1-2H3,(H,20,23)(H,21,22)/t15?,16-/m0/s1. The summed E-state index contributed by atoms with van der Waals surface area (Å²) < 4.78 is 0. The SMILES string of the molecule is CC(C)CC(N)C(=O)N[C@H]1CCCCCCCCCCNC1=O. The number of amides is 2. The minimum Gasteiger partial charge on any atom is -0.354 e. The van der Waals surface area contributed by atoms with Gasteiger partial charge < -0.3 is 16.4 Å². The second-order valence-corrected chi connectivity index (χ2v) is 7.21. The minimum absolute atomic E-state index is 0.0608. The second kappa shape index (κ2) is 11.4. The number of rotatable bonds is 4. The summed E-state index contributed by atoms with van der Waals surface area (Å²) in [5.74, 6) is 0.0992. The third kappa shape index (κ3) is 8.94. The molecule has 0 aromatic carbocycles. The maximum atomic E-state index is 12.3. The van der Waals surface area contributed by atoms with Crippen LogP contribution in [-0.2, 0) is 9.59 Å². The molecule has 134 valence electrons. The van der Waals surface area contributed by atoms with Crippen molar-refractivity contribution in [1.29, 1.82) is 0 Å². The lowest BCUT2D eigenvalue weighted by atomic mass is 10.0. The molecule has 1 saturated heterocycles. The van der Waals surface area contributed by atoms with Gasteiger partial charge in [-0.2, -0.15) is 0 Å². The van der Waals surface area contributed by atoms with Crippen molar-refractivity contribution in [3.05, 3.63) is 0 Å². The number of nitrogens with two attached hydrogens (primary N) is 1. The van der Waals surface area contributed by atoms with Gasteiger partial charge in [-0.05, 0) is 25.2 Å². The van der Waals surface area contributed by atoms with Crippen molar-refractivity contribution in [2.24, 2.45) is 11.7 Å². The Hall–Kier alpha value is -1.10. The molecule has 2 atom stereocenters. The van der Waals surface area contributed by atoms with E-state index in [4.69, 9.17) is 5.73 Å². The number of hydrogen-bond acceptors (Lipinski definition) is 3. The molecule has 1 aliphatic rings. The molecule has 1 aliphatic heterocycles. The fraction of sp³-hybridized carbons (Fsp3) is 0.889. The van der Waals surface area contributed by atoms with Gasteiger partial charge in [0.1, 0.15) is 6.04 Å². The van der Waals surface area contributed by atoms with Crippen molar-refractivity contribution in [2.75, 3.05) is 6.54 Å². The molecular formula is C18H35N3O2. The van der Waals surface area contributed by atoms with Crippen LogP contribution in [0.5, 0.6) is 0 Å². The fourth-order valence-electron chi connectivity index (χ4n) is 3.03. The maximum absolute atomic E-state index is 12.3. The zero-order valence-corrected chi connectivity index (χ0v) is 14.9. The molecule has 23 heavy (non-hydrogen) atoms. The Morgan fingerprint density at radius 3 is 2.30 bits per heavy atom. The van der Waals surface area contributed by atoms with E-state index in [1.54, 1.807) is 0 Å². The highest BCUT2D eigenvalue weighted by Crippen LogP contribution is 2.12. The lowest BCUT2D eigenvalue weighted by Gasteiger charge is -2.21. The summed E-state index contributed by atoms with van der Waals surface area (Å²) in [5.41, 5.74) is 5.93. The first-order valence-corrected chi connectivity index (χ1v) is 9.34. The molecule has 1 rings (SSSR count). The molecular weight excluding hydrogens is 290 g/mol. The molecule has 0 spiro atoms. The first-order valence-electron chi connectivity index (χ1n) is 9.34. The van der Waals surface area contributed by atoms with Crippen LogP contribution in [0.2, 0.25) is 0 Å². The predicted molar refractivity (Wildman–Crippen MR) is 93.9 cm³/mol. The Morgan fingerprint density at radius 2 is 1.70 bits per heavy atom. The largest absolute Gasteiger partial charge is 0.354 e. The van der Waals surface area contributed by atoms with Crippen LogP contribution in [0.3, 0.4) is 0 Å². The summed E-state index contributed by atoms with van der Waals surface area (Å²) in [6, 6.07) is -0.978. The molecule has 2 amide bonds. The van der Waals surface area contributed by atoms with Gasteiger partial charge in [0, 0.05) is 6.54 Å². The third-order valence-electron chi connectivity index (χ3n) is 4.41. The Morgan fingerprint density at radius 1 is 1.13 bits per heavy atom. The molecule has 4 N–H and O–H groups in total. The quantitative estimate of drug-likeness (QED) is 0.742.